The molecule has 0 saturated carbocycles. The molecule has 18 heavy (non-hydrogen) atoms. The lowest BCUT2D eigenvalue weighted by Gasteiger charge is -2.10. The molecule has 3 N–H and O–H groups in total. The highest BCUT2D eigenvalue weighted by molar-refractivity contribution is 6.05. The largest absolute Gasteiger partial charge is 0.398 e. The number of carbonyl (C=O) groups excluding carboxylic acids is 1. The molecule has 0 aliphatic carbocycles. The van der Waals surface area contributed by atoms with Crippen LogP contribution in [0.15, 0.2) is 42.5 Å². The number of amides is 1. The molecule has 2 aromatic rings. The van der Waals surface area contributed by atoms with Gasteiger partial charge in [-0.2, -0.15) is 0 Å². The van der Waals surface area contributed by atoms with Crippen LogP contribution in [0, 0.1) is 12.7 Å². The summed E-state index contributed by atoms with van der Waals surface area (Å²) in [6.07, 6.45) is 0. The second-order valence-corrected chi connectivity index (χ2v) is 3.95. The summed E-state index contributed by atoms with van der Waals surface area (Å²) in [6, 6.07) is 11.0. The van der Waals surface area contributed by atoms with E-state index in [4.69, 9.17) is 5.73 Å². The fourth-order valence-electron chi connectivity index (χ4n) is 1.62. The van der Waals surface area contributed by atoms with Crippen LogP contribution in [0.4, 0.5) is 15.8 Å². The summed E-state index contributed by atoms with van der Waals surface area (Å²) >= 11 is 0. The zero-order valence-electron chi connectivity index (χ0n) is 9.91. The van der Waals surface area contributed by atoms with Gasteiger partial charge in [0.25, 0.3) is 5.91 Å². The van der Waals surface area contributed by atoms with Crippen molar-refractivity contribution in [3.63, 3.8) is 0 Å². The molecule has 0 heterocycles. The summed E-state index contributed by atoms with van der Waals surface area (Å²) < 4.78 is 13.4. The predicted molar refractivity (Wildman–Crippen MR) is 69.9 cm³/mol. The van der Waals surface area contributed by atoms with Crippen molar-refractivity contribution in [3.05, 3.63) is 59.4 Å². The molecule has 0 saturated heterocycles. The summed E-state index contributed by atoms with van der Waals surface area (Å²) in [5, 5.41) is 2.65. The number of carbonyl (C=O) groups is 1. The average Bonchev–Trinajstić information content (AvgIpc) is 2.35. The minimum Gasteiger partial charge on any atom is -0.398 e. The molecule has 0 aliphatic rings. The molecule has 0 fully saturated rings. The number of nitrogen functional groups attached to an aromatic ring is 1. The Morgan fingerprint density at radius 1 is 1.17 bits per heavy atom. The smallest absolute Gasteiger partial charge is 0.258 e. The van der Waals surface area contributed by atoms with Crippen LogP contribution < -0.4 is 11.1 Å². The van der Waals surface area contributed by atoms with E-state index in [1.54, 1.807) is 31.2 Å². The van der Waals surface area contributed by atoms with Crippen LogP contribution in [0.2, 0.25) is 0 Å². The highest BCUT2D eigenvalue weighted by atomic mass is 19.1. The quantitative estimate of drug-likeness (QED) is 0.798. The maximum atomic E-state index is 13.4. The number of benzene rings is 2. The van der Waals surface area contributed by atoms with Crippen LogP contribution >= 0.6 is 0 Å². The molecular weight excluding hydrogens is 231 g/mol. The Kier molecular flexibility index (Phi) is 3.28. The van der Waals surface area contributed by atoms with Crippen molar-refractivity contribution in [2.24, 2.45) is 0 Å². The Balaban J connectivity index is 2.27. The molecule has 0 spiro atoms. The van der Waals surface area contributed by atoms with Crippen LogP contribution in [0.3, 0.4) is 0 Å². The predicted octanol–water partition coefficient (Wildman–Crippen LogP) is 2.97. The monoisotopic (exact) mass is 244 g/mol. The molecule has 0 bridgehead atoms. The Labute approximate surface area is 104 Å². The first-order valence-electron chi connectivity index (χ1n) is 5.50. The summed E-state index contributed by atoms with van der Waals surface area (Å²) in [5.74, 6) is -1.03. The first-order valence-corrected chi connectivity index (χ1v) is 5.50. The number of nitrogens with two attached hydrogens (primary N) is 1. The number of halogens is 1. The van der Waals surface area contributed by atoms with E-state index in [2.05, 4.69) is 5.32 Å². The molecule has 0 radical (unpaired) electrons. The van der Waals surface area contributed by atoms with E-state index >= 15 is 0 Å². The second kappa shape index (κ2) is 4.87. The fourth-order valence-corrected chi connectivity index (χ4v) is 1.62. The Bertz CT molecular complexity index is 596. The number of nitrogens with one attached hydrogen (secondary N) is 1. The van der Waals surface area contributed by atoms with Crippen molar-refractivity contribution in [1.82, 2.24) is 0 Å². The number of anilines is 2. The summed E-state index contributed by atoms with van der Waals surface area (Å²) in [6.45, 7) is 1.80. The van der Waals surface area contributed by atoms with Gasteiger partial charge in [-0.1, -0.05) is 18.2 Å². The third-order valence-corrected chi connectivity index (χ3v) is 2.74. The van der Waals surface area contributed by atoms with Gasteiger partial charge in [0.2, 0.25) is 0 Å². The van der Waals surface area contributed by atoms with Crippen molar-refractivity contribution >= 4 is 17.3 Å². The van der Waals surface area contributed by atoms with Crippen LogP contribution in [-0.2, 0) is 0 Å². The molecule has 92 valence electrons. The van der Waals surface area contributed by atoms with Gasteiger partial charge in [-0.25, -0.2) is 4.39 Å². The van der Waals surface area contributed by atoms with E-state index in [0.717, 1.165) is 5.56 Å². The number of rotatable bonds is 2. The van der Waals surface area contributed by atoms with Gasteiger partial charge in [-0.15, -0.1) is 0 Å². The Morgan fingerprint density at radius 2 is 1.89 bits per heavy atom. The topological polar surface area (TPSA) is 55.1 Å². The zero-order valence-corrected chi connectivity index (χ0v) is 9.91. The van der Waals surface area contributed by atoms with Crippen LogP contribution in [-0.4, -0.2) is 5.91 Å². The SMILES string of the molecule is Cc1c(N)cccc1NC(=O)c1ccccc1F. The third kappa shape index (κ3) is 2.32. The van der Waals surface area contributed by atoms with Gasteiger partial charge >= 0.3 is 0 Å². The van der Waals surface area contributed by atoms with Gasteiger partial charge in [-0.05, 0) is 36.8 Å². The molecule has 0 aliphatic heterocycles. The number of hydrogen-bond acceptors (Lipinski definition) is 2. The zero-order chi connectivity index (χ0) is 13.1. The van der Waals surface area contributed by atoms with Crippen LogP contribution in [0.1, 0.15) is 15.9 Å². The van der Waals surface area contributed by atoms with Gasteiger partial charge in [0.15, 0.2) is 0 Å². The van der Waals surface area contributed by atoms with Gasteiger partial charge in [-0.3, -0.25) is 4.79 Å². The first-order chi connectivity index (χ1) is 8.59. The standard InChI is InChI=1S/C14H13FN2O/c1-9-12(16)7-4-8-13(9)17-14(18)10-5-2-3-6-11(10)15/h2-8H,16H2,1H3,(H,17,18). The average molecular weight is 244 g/mol. The van der Waals surface area contributed by atoms with Gasteiger partial charge in [0.05, 0.1) is 5.56 Å². The van der Waals surface area contributed by atoms with E-state index in [1.807, 2.05) is 0 Å². The lowest BCUT2D eigenvalue weighted by molar-refractivity contribution is 0.102. The lowest BCUT2D eigenvalue weighted by atomic mass is 10.1. The van der Waals surface area contributed by atoms with Gasteiger partial charge in [0.1, 0.15) is 5.82 Å². The molecule has 2 aromatic carbocycles. The van der Waals surface area contributed by atoms with E-state index < -0.39 is 11.7 Å². The minimum atomic E-state index is -0.545. The molecule has 3 nitrogen and oxygen atoms in total. The molecule has 0 aromatic heterocycles. The number of hydrogen-bond donors (Lipinski definition) is 2. The van der Waals surface area contributed by atoms with E-state index in [1.165, 1.54) is 18.2 Å². The van der Waals surface area contributed by atoms with Crippen molar-refractivity contribution in [2.45, 2.75) is 6.92 Å². The fraction of sp³-hybridized carbons (Fsp3) is 0.0714. The van der Waals surface area contributed by atoms with E-state index in [-0.39, 0.29) is 5.56 Å². The van der Waals surface area contributed by atoms with Crippen LogP contribution in [0.25, 0.3) is 0 Å². The van der Waals surface area contributed by atoms with Crippen LogP contribution in [0.5, 0.6) is 0 Å². The summed E-state index contributed by atoms with van der Waals surface area (Å²) in [5.41, 5.74) is 7.69. The minimum absolute atomic E-state index is 0.0133. The summed E-state index contributed by atoms with van der Waals surface area (Å²) in [4.78, 5) is 11.9. The molecule has 1 amide bonds. The van der Waals surface area contributed by atoms with Crippen molar-refractivity contribution in [2.75, 3.05) is 11.1 Å². The Morgan fingerprint density at radius 3 is 2.61 bits per heavy atom. The normalized spacial score (nSPS) is 10.1. The molecule has 0 atom stereocenters. The third-order valence-electron chi connectivity index (χ3n) is 2.74. The highest BCUT2D eigenvalue weighted by Crippen LogP contribution is 2.21. The van der Waals surface area contributed by atoms with Crippen molar-refractivity contribution in [3.8, 4) is 0 Å². The van der Waals surface area contributed by atoms with Gasteiger partial charge in [0, 0.05) is 11.4 Å². The molecule has 4 heteroatoms. The van der Waals surface area contributed by atoms with E-state index in [0.29, 0.717) is 11.4 Å². The molecular formula is C14H13FN2O. The van der Waals surface area contributed by atoms with Crippen molar-refractivity contribution in [1.29, 1.82) is 0 Å². The maximum Gasteiger partial charge on any atom is 0.258 e. The first kappa shape index (κ1) is 12.1. The van der Waals surface area contributed by atoms with E-state index in [9.17, 15) is 9.18 Å². The highest BCUT2D eigenvalue weighted by Gasteiger charge is 2.12. The molecule has 0 unspecified atom stereocenters. The van der Waals surface area contributed by atoms with Crippen molar-refractivity contribution < 1.29 is 9.18 Å². The lowest BCUT2D eigenvalue weighted by Crippen LogP contribution is -2.14. The Hall–Kier alpha value is -2.36. The maximum absolute atomic E-state index is 13.4. The molecule has 2 rings (SSSR count). The second-order valence-electron chi connectivity index (χ2n) is 3.95. The van der Waals surface area contributed by atoms with Gasteiger partial charge < -0.3 is 11.1 Å². The summed E-state index contributed by atoms with van der Waals surface area (Å²) in [7, 11) is 0.